The van der Waals surface area contributed by atoms with Gasteiger partial charge in [-0.1, -0.05) is 0 Å². The van der Waals surface area contributed by atoms with Crippen molar-refractivity contribution in [1.29, 1.82) is 0 Å². The Bertz CT molecular complexity index is 551. The Labute approximate surface area is 157 Å². The Hall–Kier alpha value is -0.281. The standard InChI is InChI=1S/C10H7S.3C4H9.Sn/c1-2-4-9(5-3-1)10-6-7-11-8-10;3*1-3-4-2;/h1-7H;3*1,3-4H2,2H3;. The van der Waals surface area contributed by atoms with Crippen molar-refractivity contribution in [3.63, 3.8) is 0 Å². The fraction of sp³-hybridized carbons (Fsp3) is 0.545. The summed E-state index contributed by atoms with van der Waals surface area (Å²) in [7, 11) is 0. The second-order valence-corrected chi connectivity index (χ2v) is 22.1. The van der Waals surface area contributed by atoms with E-state index in [4.69, 9.17) is 0 Å². The molecule has 2 heteroatoms. The van der Waals surface area contributed by atoms with Gasteiger partial charge in [0.1, 0.15) is 0 Å². The molecule has 0 aliphatic heterocycles. The van der Waals surface area contributed by atoms with Crippen LogP contribution in [0.15, 0.2) is 41.8 Å². The maximum atomic E-state index is 2.41. The van der Waals surface area contributed by atoms with Gasteiger partial charge in [0.05, 0.1) is 0 Å². The van der Waals surface area contributed by atoms with Crippen molar-refractivity contribution in [2.24, 2.45) is 0 Å². The quantitative estimate of drug-likeness (QED) is 0.312. The third-order valence-electron chi connectivity index (χ3n) is 5.26. The fourth-order valence-corrected chi connectivity index (χ4v) is 24.7. The molecule has 0 saturated heterocycles. The van der Waals surface area contributed by atoms with Crippen LogP contribution in [0.1, 0.15) is 59.3 Å². The van der Waals surface area contributed by atoms with Gasteiger partial charge >= 0.3 is 158 Å². The predicted molar refractivity (Wildman–Crippen MR) is 114 cm³/mol. The van der Waals surface area contributed by atoms with Gasteiger partial charge in [-0.05, 0) is 0 Å². The molecule has 0 N–H and O–H groups in total. The third kappa shape index (κ3) is 5.11. The zero-order valence-corrected chi connectivity index (χ0v) is 19.5. The van der Waals surface area contributed by atoms with Gasteiger partial charge in [-0.25, -0.2) is 0 Å². The van der Waals surface area contributed by atoms with E-state index in [0.29, 0.717) is 0 Å². The average Bonchev–Trinajstić information content (AvgIpc) is 3.12. The molecule has 1 aromatic heterocycles. The molecule has 2 aromatic rings. The van der Waals surface area contributed by atoms with Gasteiger partial charge < -0.3 is 0 Å². The zero-order chi connectivity index (χ0) is 17.3. The molecule has 2 rings (SSSR count). The molecule has 0 saturated carbocycles. The van der Waals surface area contributed by atoms with Crippen molar-refractivity contribution >= 4 is 32.6 Å². The van der Waals surface area contributed by atoms with Crippen LogP contribution < -0.4 is 2.89 Å². The molecule has 0 aliphatic rings. The Morgan fingerprint density at radius 3 is 1.79 bits per heavy atom. The van der Waals surface area contributed by atoms with Crippen LogP contribution in [-0.2, 0) is 0 Å². The summed E-state index contributed by atoms with van der Waals surface area (Å²) in [6.07, 6.45) is 8.37. The van der Waals surface area contributed by atoms with Crippen molar-refractivity contribution in [3.8, 4) is 11.1 Å². The summed E-state index contributed by atoms with van der Waals surface area (Å²) < 4.78 is 6.55. The molecule has 0 aliphatic carbocycles. The van der Waals surface area contributed by atoms with Crippen LogP contribution in [0, 0.1) is 0 Å². The van der Waals surface area contributed by atoms with Crippen molar-refractivity contribution < 1.29 is 0 Å². The Morgan fingerprint density at radius 2 is 1.29 bits per heavy atom. The van der Waals surface area contributed by atoms with E-state index < -0.39 is 18.4 Å². The number of unbranched alkanes of at least 4 members (excludes halogenated alkanes) is 3. The van der Waals surface area contributed by atoms with E-state index in [1.165, 1.54) is 44.1 Å². The molecule has 0 nitrogen and oxygen atoms in total. The van der Waals surface area contributed by atoms with Crippen LogP contribution in [0.5, 0.6) is 0 Å². The molecule has 0 atom stereocenters. The molecule has 0 bridgehead atoms. The number of hydrogen-bond donors (Lipinski definition) is 0. The number of rotatable bonds is 11. The van der Waals surface area contributed by atoms with Gasteiger partial charge in [0.15, 0.2) is 0 Å². The van der Waals surface area contributed by atoms with E-state index in [9.17, 15) is 0 Å². The average molecular weight is 449 g/mol. The first-order chi connectivity index (χ1) is 11.8. The van der Waals surface area contributed by atoms with Gasteiger partial charge in [0.2, 0.25) is 0 Å². The molecule has 24 heavy (non-hydrogen) atoms. The molecule has 0 spiro atoms. The van der Waals surface area contributed by atoms with Crippen LogP contribution in [0.2, 0.25) is 13.3 Å². The van der Waals surface area contributed by atoms with Gasteiger partial charge in [-0.3, -0.25) is 0 Å². The van der Waals surface area contributed by atoms with Crippen molar-refractivity contribution in [3.05, 3.63) is 41.8 Å². The number of hydrogen-bond acceptors (Lipinski definition) is 1. The predicted octanol–water partition coefficient (Wildman–Crippen LogP) is 7.47. The molecular weight excluding hydrogens is 415 g/mol. The first-order valence-corrected chi connectivity index (χ1v) is 18.3. The molecule has 0 radical (unpaired) electrons. The summed E-state index contributed by atoms with van der Waals surface area (Å²) in [5.41, 5.74) is 3.03. The summed E-state index contributed by atoms with van der Waals surface area (Å²) in [5, 5.41) is 2.37. The minimum absolute atomic E-state index is 1.35. The number of benzene rings is 1. The zero-order valence-electron chi connectivity index (χ0n) is 15.8. The molecule has 0 amide bonds. The second kappa shape index (κ2) is 10.7. The first kappa shape index (κ1) is 20.0. The van der Waals surface area contributed by atoms with Gasteiger partial charge in [0.25, 0.3) is 0 Å². The third-order valence-corrected chi connectivity index (χ3v) is 24.6. The molecule has 1 aromatic carbocycles. The number of thiophene rings is 1. The maximum absolute atomic E-state index is 2.41. The molecule has 132 valence electrons. The van der Waals surface area contributed by atoms with Gasteiger partial charge in [0, 0.05) is 0 Å². The van der Waals surface area contributed by atoms with Gasteiger partial charge in [-0.15, -0.1) is 0 Å². The van der Waals surface area contributed by atoms with E-state index in [1.54, 1.807) is 18.9 Å². The van der Waals surface area contributed by atoms with Gasteiger partial charge in [-0.2, -0.15) is 0 Å². The summed E-state index contributed by atoms with van der Waals surface area (Å²) in [4.78, 5) is 0. The van der Waals surface area contributed by atoms with E-state index in [0.717, 1.165) is 0 Å². The topological polar surface area (TPSA) is 0 Å². The SMILES string of the molecule is CCC[CH2][Sn]([CH2]CCC)([CH2]CCC)[c]1sccc1-c1ccccc1. The van der Waals surface area contributed by atoms with E-state index >= 15 is 0 Å². The summed E-state index contributed by atoms with van der Waals surface area (Å²) in [6, 6.07) is 13.5. The van der Waals surface area contributed by atoms with Crippen LogP contribution >= 0.6 is 11.3 Å². The van der Waals surface area contributed by atoms with Crippen LogP contribution in [0.3, 0.4) is 0 Å². The van der Waals surface area contributed by atoms with Crippen molar-refractivity contribution in [2.75, 3.05) is 0 Å². The van der Waals surface area contributed by atoms with E-state index in [-0.39, 0.29) is 0 Å². The van der Waals surface area contributed by atoms with E-state index in [1.807, 2.05) is 2.89 Å². The van der Waals surface area contributed by atoms with Crippen LogP contribution in [-0.4, -0.2) is 18.4 Å². The van der Waals surface area contributed by atoms with Crippen LogP contribution in [0.25, 0.3) is 11.1 Å². The fourth-order valence-electron chi connectivity index (χ4n) is 3.83. The monoisotopic (exact) mass is 450 g/mol. The summed E-state index contributed by atoms with van der Waals surface area (Å²) >= 11 is -0.207. The van der Waals surface area contributed by atoms with E-state index in [2.05, 4.69) is 73.9 Å². The molecule has 0 unspecified atom stereocenters. The first-order valence-electron chi connectivity index (χ1n) is 9.90. The second-order valence-electron chi connectivity index (χ2n) is 7.12. The van der Waals surface area contributed by atoms with Crippen molar-refractivity contribution in [1.82, 2.24) is 0 Å². The minimum atomic E-state index is -2.30. The Kier molecular flexibility index (Phi) is 8.89. The Balaban J connectivity index is 2.43. The van der Waals surface area contributed by atoms with Crippen molar-refractivity contribution in [2.45, 2.75) is 72.6 Å². The molecular formula is C22H34SSn. The molecule has 1 heterocycles. The molecule has 0 fully saturated rings. The van der Waals surface area contributed by atoms with Crippen LogP contribution in [0.4, 0.5) is 0 Å². The summed E-state index contributed by atoms with van der Waals surface area (Å²) in [6.45, 7) is 7.09. The normalized spacial score (nSPS) is 11.8. The Morgan fingerprint density at radius 1 is 0.750 bits per heavy atom. The summed E-state index contributed by atoms with van der Waals surface area (Å²) in [5.74, 6) is 0.